The Kier molecular flexibility index (Phi) is 10.6. The van der Waals surface area contributed by atoms with Crippen LogP contribution in [0.1, 0.15) is 36.2 Å². The van der Waals surface area contributed by atoms with Crippen molar-refractivity contribution in [1.82, 2.24) is 16.0 Å². The summed E-state index contributed by atoms with van der Waals surface area (Å²) in [5.74, 6) is 1.66. The highest BCUT2D eigenvalue weighted by molar-refractivity contribution is 14.0. The third kappa shape index (κ3) is 7.01. The average molecular weight is 551 g/mol. The third-order valence-corrected chi connectivity index (χ3v) is 5.27. The number of hydrogen-bond acceptors (Lipinski definition) is 4. The van der Waals surface area contributed by atoms with Crippen LogP contribution in [0.4, 0.5) is 5.69 Å². The molecule has 0 radical (unpaired) electrons. The fourth-order valence-corrected chi connectivity index (χ4v) is 3.70. The maximum Gasteiger partial charge on any atom is 0.251 e. The highest BCUT2D eigenvalue weighted by Gasteiger charge is 2.25. The number of anilines is 1. The van der Waals surface area contributed by atoms with Gasteiger partial charge in [0.15, 0.2) is 5.96 Å². The second-order valence-electron chi connectivity index (χ2n) is 7.50. The maximum atomic E-state index is 11.9. The molecule has 1 heterocycles. The van der Waals surface area contributed by atoms with Crippen LogP contribution in [0.15, 0.2) is 53.5 Å². The third-order valence-electron chi connectivity index (χ3n) is 5.27. The molecule has 2 aromatic rings. The Balaban J connectivity index is 0.00000363. The number of nitrogens with zero attached hydrogens (tertiary/aromatic N) is 2. The van der Waals surface area contributed by atoms with E-state index in [-0.39, 0.29) is 29.9 Å². The zero-order valence-electron chi connectivity index (χ0n) is 19.1. The molecule has 8 heteroatoms. The van der Waals surface area contributed by atoms with Crippen molar-refractivity contribution in [2.24, 2.45) is 4.99 Å². The first-order chi connectivity index (χ1) is 15.1. The summed E-state index contributed by atoms with van der Waals surface area (Å²) >= 11 is 0. The molecule has 1 aliphatic rings. The molecule has 32 heavy (non-hydrogen) atoms. The second-order valence-corrected chi connectivity index (χ2v) is 7.50. The number of rotatable bonds is 8. The van der Waals surface area contributed by atoms with E-state index in [0.29, 0.717) is 24.7 Å². The SMILES string of the molecule is CCNC(=O)c1ccc(CN=C(NCC)NC2CCN(c3ccccc3OC)C2)cc1.I. The molecule has 1 unspecified atom stereocenters. The molecule has 3 N–H and O–H groups in total. The lowest BCUT2D eigenvalue weighted by atomic mass is 10.1. The topological polar surface area (TPSA) is 78.0 Å². The molecule has 0 aromatic heterocycles. The van der Waals surface area contributed by atoms with E-state index in [1.165, 1.54) is 0 Å². The summed E-state index contributed by atoms with van der Waals surface area (Å²) in [5.41, 5.74) is 2.86. The van der Waals surface area contributed by atoms with Crippen molar-refractivity contribution >= 4 is 41.5 Å². The minimum atomic E-state index is -0.0478. The Morgan fingerprint density at radius 2 is 1.81 bits per heavy atom. The van der Waals surface area contributed by atoms with Crippen molar-refractivity contribution in [2.45, 2.75) is 32.9 Å². The largest absolute Gasteiger partial charge is 0.495 e. The number of halogens is 1. The zero-order valence-corrected chi connectivity index (χ0v) is 21.4. The minimum absolute atomic E-state index is 0. The average Bonchev–Trinajstić information content (AvgIpc) is 3.26. The van der Waals surface area contributed by atoms with E-state index in [9.17, 15) is 4.79 Å². The lowest BCUT2D eigenvalue weighted by Crippen LogP contribution is -2.44. The van der Waals surface area contributed by atoms with Crippen molar-refractivity contribution in [3.8, 4) is 5.75 Å². The Morgan fingerprint density at radius 3 is 2.50 bits per heavy atom. The number of amides is 1. The first-order valence-electron chi connectivity index (χ1n) is 10.9. The standard InChI is InChI=1S/C24H33N5O2.HI/c1-4-25-23(30)19-12-10-18(11-13-19)16-27-24(26-5-2)28-20-14-15-29(17-20)21-8-6-7-9-22(21)31-3;/h6-13,20H,4-5,14-17H2,1-3H3,(H,25,30)(H2,26,27,28);1H. The Bertz CT molecular complexity index is 888. The monoisotopic (exact) mass is 551 g/mol. The minimum Gasteiger partial charge on any atom is -0.495 e. The van der Waals surface area contributed by atoms with Crippen LogP contribution in [-0.2, 0) is 6.54 Å². The van der Waals surface area contributed by atoms with Gasteiger partial charge in [0.25, 0.3) is 5.91 Å². The molecule has 0 bridgehead atoms. The van der Waals surface area contributed by atoms with Crippen LogP contribution in [0.25, 0.3) is 0 Å². The molecule has 1 fully saturated rings. The van der Waals surface area contributed by atoms with Gasteiger partial charge in [-0.15, -0.1) is 24.0 Å². The molecule has 1 amide bonds. The van der Waals surface area contributed by atoms with Gasteiger partial charge < -0.3 is 25.6 Å². The van der Waals surface area contributed by atoms with Crippen LogP contribution >= 0.6 is 24.0 Å². The van der Waals surface area contributed by atoms with E-state index in [1.807, 2.05) is 49.4 Å². The summed E-state index contributed by atoms with van der Waals surface area (Å²) in [7, 11) is 1.71. The smallest absolute Gasteiger partial charge is 0.251 e. The van der Waals surface area contributed by atoms with Crippen LogP contribution in [0.3, 0.4) is 0 Å². The Hall–Kier alpha value is -2.49. The summed E-state index contributed by atoms with van der Waals surface area (Å²) in [6.07, 6.45) is 1.03. The number of guanidine groups is 1. The van der Waals surface area contributed by atoms with Crippen LogP contribution in [0.5, 0.6) is 5.75 Å². The van der Waals surface area contributed by atoms with E-state index < -0.39 is 0 Å². The lowest BCUT2D eigenvalue weighted by molar-refractivity contribution is 0.0956. The summed E-state index contributed by atoms with van der Waals surface area (Å²) in [4.78, 5) is 19.0. The summed E-state index contributed by atoms with van der Waals surface area (Å²) in [5, 5.41) is 9.71. The quantitative estimate of drug-likeness (QED) is 0.267. The highest BCUT2D eigenvalue weighted by atomic mass is 127. The van der Waals surface area contributed by atoms with Gasteiger partial charge in [0.05, 0.1) is 19.3 Å². The van der Waals surface area contributed by atoms with Gasteiger partial charge in [-0.25, -0.2) is 4.99 Å². The molecule has 3 rings (SSSR count). The van der Waals surface area contributed by atoms with Crippen molar-refractivity contribution in [3.63, 3.8) is 0 Å². The van der Waals surface area contributed by atoms with Crippen molar-refractivity contribution in [2.75, 3.05) is 38.2 Å². The fourth-order valence-electron chi connectivity index (χ4n) is 3.70. The fraction of sp³-hybridized carbons (Fsp3) is 0.417. The number of carbonyl (C=O) groups excluding carboxylic acids is 1. The first kappa shape index (κ1) is 25.8. The van der Waals surface area contributed by atoms with Gasteiger partial charge in [-0.1, -0.05) is 24.3 Å². The van der Waals surface area contributed by atoms with Gasteiger partial charge in [0.1, 0.15) is 5.75 Å². The van der Waals surface area contributed by atoms with Crippen LogP contribution in [0, 0.1) is 0 Å². The Morgan fingerprint density at radius 1 is 1.09 bits per heavy atom. The molecule has 1 saturated heterocycles. The number of carbonyl (C=O) groups is 1. The summed E-state index contributed by atoms with van der Waals surface area (Å²) in [6, 6.07) is 16.0. The number of aliphatic imine (C=N–C) groups is 1. The molecule has 1 atom stereocenters. The highest BCUT2D eigenvalue weighted by Crippen LogP contribution is 2.30. The van der Waals surface area contributed by atoms with Crippen molar-refractivity contribution in [3.05, 3.63) is 59.7 Å². The van der Waals surface area contributed by atoms with Crippen LogP contribution in [-0.4, -0.2) is 51.2 Å². The van der Waals surface area contributed by atoms with E-state index in [1.54, 1.807) is 7.11 Å². The van der Waals surface area contributed by atoms with Gasteiger partial charge in [-0.2, -0.15) is 0 Å². The number of nitrogens with one attached hydrogen (secondary N) is 3. The maximum absolute atomic E-state index is 11.9. The van der Waals surface area contributed by atoms with Crippen LogP contribution < -0.4 is 25.6 Å². The van der Waals surface area contributed by atoms with E-state index >= 15 is 0 Å². The summed E-state index contributed by atoms with van der Waals surface area (Å²) < 4.78 is 5.51. The molecule has 174 valence electrons. The van der Waals surface area contributed by atoms with Crippen LogP contribution in [0.2, 0.25) is 0 Å². The summed E-state index contributed by atoms with van der Waals surface area (Å²) in [6.45, 7) is 7.81. The molecular weight excluding hydrogens is 517 g/mol. The number of para-hydroxylation sites is 2. The van der Waals surface area contributed by atoms with Gasteiger partial charge in [-0.3, -0.25) is 4.79 Å². The van der Waals surface area contributed by atoms with Crippen molar-refractivity contribution < 1.29 is 9.53 Å². The Labute approximate surface area is 208 Å². The number of methoxy groups -OCH3 is 1. The zero-order chi connectivity index (χ0) is 22.1. The molecular formula is C24H34IN5O2. The molecule has 0 spiro atoms. The lowest BCUT2D eigenvalue weighted by Gasteiger charge is -2.22. The predicted octanol–water partition coefficient (Wildman–Crippen LogP) is 3.40. The molecule has 2 aromatic carbocycles. The number of ether oxygens (including phenoxy) is 1. The first-order valence-corrected chi connectivity index (χ1v) is 10.9. The van der Waals surface area contributed by atoms with Gasteiger partial charge in [0, 0.05) is 37.8 Å². The number of hydrogen-bond donors (Lipinski definition) is 3. The van der Waals surface area contributed by atoms with Gasteiger partial charge in [-0.05, 0) is 50.1 Å². The predicted molar refractivity (Wildman–Crippen MR) is 141 cm³/mol. The van der Waals surface area contributed by atoms with Gasteiger partial charge >= 0.3 is 0 Å². The van der Waals surface area contributed by atoms with Crippen molar-refractivity contribution in [1.29, 1.82) is 0 Å². The van der Waals surface area contributed by atoms with E-state index in [2.05, 4.69) is 33.8 Å². The number of benzene rings is 2. The van der Waals surface area contributed by atoms with E-state index in [0.717, 1.165) is 49.0 Å². The molecule has 0 aliphatic carbocycles. The van der Waals surface area contributed by atoms with Gasteiger partial charge in [0.2, 0.25) is 0 Å². The molecule has 7 nitrogen and oxygen atoms in total. The molecule has 1 aliphatic heterocycles. The second kappa shape index (κ2) is 13.1. The molecule has 0 saturated carbocycles. The van der Waals surface area contributed by atoms with E-state index in [4.69, 9.17) is 9.73 Å². The normalized spacial score (nSPS) is 15.7.